The molecule has 3 N–H and O–H groups in total. The molecule has 2 aromatic heterocycles. The SMILES string of the molecule is CCc1ccc(CNC(=NC)NCc2cccc(C(=O)NCc3ccco3)c2)s1.I. The number of hydrogen-bond acceptors (Lipinski definition) is 4. The monoisotopic (exact) mass is 538 g/mol. The number of benzene rings is 1. The fourth-order valence-electron chi connectivity index (χ4n) is 2.79. The molecule has 3 aromatic rings. The van der Waals surface area contributed by atoms with Crippen molar-refractivity contribution in [2.75, 3.05) is 7.05 Å². The largest absolute Gasteiger partial charge is 0.467 e. The third kappa shape index (κ3) is 7.17. The Labute approximate surface area is 198 Å². The molecule has 6 nitrogen and oxygen atoms in total. The zero-order chi connectivity index (χ0) is 20.5. The molecular weight excluding hydrogens is 511 g/mol. The van der Waals surface area contributed by atoms with E-state index < -0.39 is 0 Å². The standard InChI is InChI=1S/C22H26N4O2S.HI/c1-3-19-9-10-20(29-19)15-26-22(23-2)25-13-16-6-4-7-17(12-16)21(27)24-14-18-8-5-11-28-18;/h4-12H,3,13-15H2,1-2H3,(H,24,27)(H2,23,25,26);1H. The molecular formula is C22H27IN4O2S. The van der Waals surface area contributed by atoms with Crippen LogP contribution in [0.2, 0.25) is 0 Å². The molecule has 1 aromatic carbocycles. The molecule has 0 bridgehead atoms. The number of aliphatic imine (C=N–C) groups is 1. The molecule has 0 aliphatic rings. The molecule has 3 rings (SSSR count). The van der Waals surface area contributed by atoms with Gasteiger partial charge in [-0.25, -0.2) is 0 Å². The van der Waals surface area contributed by atoms with Crippen LogP contribution in [-0.4, -0.2) is 18.9 Å². The van der Waals surface area contributed by atoms with Crippen LogP contribution in [0.1, 0.15) is 38.4 Å². The van der Waals surface area contributed by atoms with Crippen LogP contribution in [0.15, 0.2) is 64.2 Å². The summed E-state index contributed by atoms with van der Waals surface area (Å²) >= 11 is 1.81. The predicted molar refractivity (Wildman–Crippen MR) is 132 cm³/mol. The smallest absolute Gasteiger partial charge is 0.251 e. The highest BCUT2D eigenvalue weighted by Crippen LogP contribution is 2.16. The van der Waals surface area contributed by atoms with E-state index in [9.17, 15) is 4.79 Å². The Kier molecular flexibility index (Phi) is 9.88. The Morgan fingerprint density at radius 1 is 1.00 bits per heavy atom. The zero-order valence-corrected chi connectivity index (χ0v) is 20.3. The molecule has 0 unspecified atom stereocenters. The van der Waals surface area contributed by atoms with Gasteiger partial charge in [-0.15, -0.1) is 35.3 Å². The maximum Gasteiger partial charge on any atom is 0.251 e. The van der Waals surface area contributed by atoms with E-state index in [4.69, 9.17) is 4.42 Å². The first-order valence-electron chi connectivity index (χ1n) is 9.59. The number of halogens is 1. The van der Waals surface area contributed by atoms with Gasteiger partial charge in [-0.3, -0.25) is 9.79 Å². The number of amides is 1. The second-order valence-electron chi connectivity index (χ2n) is 6.46. The number of carbonyl (C=O) groups is 1. The molecule has 1 amide bonds. The second-order valence-corrected chi connectivity index (χ2v) is 7.72. The highest BCUT2D eigenvalue weighted by Gasteiger charge is 2.08. The quantitative estimate of drug-likeness (QED) is 0.227. The van der Waals surface area contributed by atoms with Crippen molar-refractivity contribution in [3.8, 4) is 0 Å². The minimum Gasteiger partial charge on any atom is -0.467 e. The first kappa shape index (κ1) is 23.9. The van der Waals surface area contributed by atoms with E-state index in [0.717, 1.165) is 30.2 Å². The van der Waals surface area contributed by atoms with Crippen LogP contribution in [0.5, 0.6) is 0 Å². The topological polar surface area (TPSA) is 78.7 Å². The number of nitrogens with one attached hydrogen (secondary N) is 3. The first-order valence-corrected chi connectivity index (χ1v) is 10.4. The minimum absolute atomic E-state index is 0. The van der Waals surface area contributed by atoms with Crippen molar-refractivity contribution in [2.45, 2.75) is 33.0 Å². The van der Waals surface area contributed by atoms with Crippen molar-refractivity contribution >= 4 is 47.2 Å². The van der Waals surface area contributed by atoms with Gasteiger partial charge in [0.15, 0.2) is 5.96 Å². The van der Waals surface area contributed by atoms with E-state index in [1.165, 1.54) is 9.75 Å². The molecule has 0 aliphatic carbocycles. The lowest BCUT2D eigenvalue weighted by Gasteiger charge is -2.12. The highest BCUT2D eigenvalue weighted by molar-refractivity contribution is 14.0. The van der Waals surface area contributed by atoms with Gasteiger partial charge in [0.05, 0.1) is 19.4 Å². The van der Waals surface area contributed by atoms with Crippen molar-refractivity contribution < 1.29 is 9.21 Å². The number of aryl methyl sites for hydroxylation is 1. The Hall–Kier alpha value is -2.33. The lowest BCUT2D eigenvalue weighted by Crippen LogP contribution is -2.36. The van der Waals surface area contributed by atoms with Crippen molar-refractivity contribution in [1.82, 2.24) is 16.0 Å². The lowest BCUT2D eigenvalue weighted by molar-refractivity contribution is 0.0948. The normalized spacial score (nSPS) is 10.9. The van der Waals surface area contributed by atoms with Crippen LogP contribution < -0.4 is 16.0 Å². The predicted octanol–water partition coefficient (Wildman–Crippen LogP) is 4.32. The van der Waals surface area contributed by atoms with Gasteiger partial charge in [-0.1, -0.05) is 19.1 Å². The molecule has 0 radical (unpaired) electrons. The number of thiophene rings is 1. The Bertz CT molecular complexity index is 954. The third-order valence-corrected chi connectivity index (χ3v) is 5.60. The fourth-order valence-corrected chi connectivity index (χ4v) is 3.69. The Balaban J connectivity index is 0.00000320. The Morgan fingerprint density at radius 3 is 2.50 bits per heavy atom. The minimum atomic E-state index is -0.129. The van der Waals surface area contributed by atoms with Gasteiger partial charge in [0.2, 0.25) is 0 Å². The number of nitrogens with zero attached hydrogens (tertiary/aromatic N) is 1. The average molecular weight is 538 g/mol. The maximum absolute atomic E-state index is 12.4. The highest BCUT2D eigenvalue weighted by atomic mass is 127. The molecule has 160 valence electrons. The summed E-state index contributed by atoms with van der Waals surface area (Å²) in [6.07, 6.45) is 2.65. The second kappa shape index (κ2) is 12.4. The van der Waals surface area contributed by atoms with Crippen LogP contribution in [0.3, 0.4) is 0 Å². The molecule has 8 heteroatoms. The average Bonchev–Trinajstić information content (AvgIpc) is 3.44. The fraction of sp³-hybridized carbons (Fsp3) is 0.273. The van der Waals surface area contributed by atoms with Gasteiger partial charge < -0.3 is 20.4 Å². The maximum atomic E-state index is 12.4. The summed E-state index contributed by atoms with van der Waals surface area (Å²) < 4.78 is 5.24. The van der Waals surface area contributed by atoms with Gasteiger partial charge in [-0.05, 0) is 48.4 Å². The van der Waals surface area contributed by atoms with E-state index >= 15 is 0 Å². The molecule has 0 saturated heterocycles. The van der Waals surface area contributed by atoms with E-state index in [1.54, 1.807) is 25.4 Å². The van der Waals surface area contributed by atoms with Crippen molar-refractivity contribution in [3.05, 3.63) is 81.4 Å². The summed E-state index contributed by atoms with van der Waals surface area (Å²) in [6.45, 7) is 3.84. The lowest BCUT2D eigenvalue weighted by atomic mass is 10.1. The number of guanidine groups is 1. The number of hydrogen-bond donors (Lipinski definition) is 3. The van der Waals surface area contributed by atoms with Crippen molar-refractivity contribution in [1.29, 1.82) is 0 Å². The molecule has 2 heterocycles. The Morgan fingerprint density at radius 2 is 1.80 bits per heavy atom. The molecule has 30 heavy (non-hydrogen) atoms. The van der Waals surface area contributed by atoms with Crippen LogP contribution >= 0.6 is 35.3 Å². The summed E-state index contributed by atoms with van der Waals surface area (Å²) in [5.41, 5.74) is 1.62. The zero-order valence-electron chi connectivity index (χ0n) is 17.1. The molecule has 0 spiro atoms. The van der Waals surface area contributed by atoms with Gasteiger partial charge >= 0.3 is 0 Å². The third-order valence-electron chi connectivity index (χ3n) is 4.37. The summed E-state index contributed by atoms with van der Waals surface area (Å²) in [6, 6.07) is 15.5. The van der Waals surface area contributed by atoms with E-state index in [1.807, 2.05) is 35.6 Å². The van der Waals surface area contributed by atoms with Crippen molar-refractivity contribution in [2.24, 2.45) is 4.99 Å². The van der Waals surface area contributed by atoms with Gasteiger partial charge in [0, 0.05) is 28.9 Å². The van der Waals surface area contributed by atoms with Crippen LogP contribution in [-0.2, 0) is 26.1 Å². The summed E-state index contributed by atoms with van der Waals surface area (Å²) in [5.74, 6) is 1.32. The van der Waals surface area contributed by atoms with Crippen LogP contribution in [0.4, 0.5) is 0 Å². The van der Waals surface area contributed by atoms with Crippen LogP contribution in [0, 0.1) is 0 Å². The summed E-state index contributed by atoms with van der Waals surface area (Å²) in [4.78, 5) is 19.3. The van der Waals surface area contributed by atoms with Gasteiger partial charge in [0.25, 0.3) is 5.91 Å². The van der Waals surface area contributed by atoms with Gasteiger partial charge in [-0.2, -0.15) is 0 Å². The number of rotatable bonds is 8. The van der Waals surface area contributed by atoms with Gasteiger partial charge in [0.1, 0.15) is 5.76 Å². The van der Waals surface area contributed by atoms with E-state index in [2.05, 4.69) is 40.0 Å². The summed E-state index contributed by atoms with van der Waals surface area (Å²) in [5, 5.41) is 9.48. The molecule has 0 saturated carbocycles. The molecule has 0 atom stereocenters. The van der Waals surface area contributed by atoms with E-state index in [0.29, 0.717) is 18.7 Å². The first-order chi connectivity index (χ1) is 14.2. The summed E-state index contributed by atoms with van der Waals surface area (Å²) in [7, 11) is 1.75. The van der Waals surface area contributed by atoms with Crippen LogP contribution in [0.25, 0.3) is 0 Å². The van der Waals surface area contributed by atoms with Crippen molar-refractivity contribution in [3.63, 3.8) is 0 Å². The van der Waals surface area contributed by atoms with E-state index in [-0.39, 0.29) is 29.9 Å². The number of furan rings is 1. The molecule has 0 aliphatic heterocycles. The number of carbonyl (C=O) groups excluding carboxylic acids is 1. The molecule has 0 fully saturated rings.